The van der Waals surface area contributed by atoms with Crippen molar-refractivity contribution in [2.45, 2.75) is 32.8 Å². The standard InChI is InChI=1S/C16H19NO4/c1-16(2,3)21-15(20)17-9-8-12-10-11(4-6-13(12)17)5-7-14(18)19/h4-7,10H,8-9H2,1-3H3,(H,18,19). The van der Waals surface area contributed by atoms with Gasteiger partial charge in [0.15, 0.2) is 0 Å². The van der Waals surface area contributed by atoms with Crippen molar-refractivity contribution >= 4 is 23.8 Å². The third kappa shape index (κ3) is 3.84. The van der Waals surface area contributed by atoms with E-state index >= 15 is 0 Å². The van der Waals surface area contributed by atoms with Crippen molar-refractivity contribution in [1.82, 2.24) is 0 Å². The van der Waals surface area contributed by atoms with Gasteiger partial charge in [-0.25, -0.2) is 9.59 Å². The van der Waals surface area contributed by atoms with Gasteiger partial charge in [-0.05, 0) is 56.5 Å². The third-order valence-electron chi connectivity index (χ3n) is 3.03. The summed E-state index contributed by atoms with van der Waals surface area (Å²) in [5.74, 6) is -0.981. The average Bonchev–Trinajstić information content (AvgIpc) is 2.77. The minimum absolute atomic E-state index is 0.352. The second-order valence-electron chi connectivity index (χ2n) is 5.94. The van der Waals surface area contributed by atoms with E-state index in [4.69, 9.17) is 9.84 Å². The number of carbonyl (C=O) groups is 2. The van der Waals surface area contributed by atoms with E-state index in [9.17, 15) is 9.59 Å². The lowest BCUT2D eigenvalue weighted by Crippen LogP contribution is -2.35. The summed E-state index contributed by atoms with van der Waals surface area (Å²) < 4.78 is 5.38. The molecule has 0 aromatic heterocycles. The van der Waals surface area contributed by atoms with Crippen LogP contribution in [0, 0.1) is 0 Å². The van der Waals surface area contributed by atoms with Crippen LogP contribution in [0.25, 0.3) is 6.08 Å². The molecule has 2 rings (SSSR count). The van der Waals surface area contributed by atoms with E-state index in [1.165, 1.54) is 0 Å². The lowest BCUT2D eigenvalue weighted by Gasteiger charge is -2.24. The van der Waals surface area contributed by atoms with Crippen LogP contribution in [0.4, 0.5) is 10.5 Å². The fourth-order valence-electron chi connectivity index (χ4n) is 2.20. The molecule has 0 aliphatic carbocycles. The Hall–Kier alpha value is -2.30. The Morgan fingerprint density at radius 3 is 2.67 bits per heavy atom. The Labute approximate surface area is 123 Å². The number of amides is 1. The quantitative estimate of drug-likeness (QED) is 0.850. The van der Waals surface area contributed by atoms with Gasteiger partial charge in [-0.1, -0.05) is 6.07 Å². The molecule has 0 spiro atoms. The Bertz CT molecular complexity index is 599. The molecular weight excluding hydrogens is 270 g/mol. The first-order chi connectivity index (χ1) is 9.76. The number of hydrogen-bond acceptors (Lipinski definition) is 3. The summed E-state index contributed by atoms with van der Waals surface area (Å²) in [5, 5.41) is 8.63. The first-order valence-corrected chi connectivity index (χ1v) is 6.81. The SMILES string of the molecule is CC(C)(C)OC(=O)N1CCc2cc(C=CC(=O)O)ccc21. The highest BCUT2D eigenvalue weighted by molar-refractivity contribution is 5.91. The van der Waals surface area contributed by atoms with Crippen molar-refractivity contribution in [1.29, 1.82) is 0 Å². The Morgan fingerprint density at radius 2 is 2.05 bits per heavy atom. The van der Waals surface area contributed by atoms with Crippen LogP contribution in [0.2, 0.25) is 0 Å². The summed E-state index contributed by atoms with van der Waals surface area (Å²) in [6.45, 7) is 6.08. The number of ether oxygens (including phenoxy) is 1. The number of carboxylic acid groups (broad SMARTS) is 1. The fraction of sp³-hybridized carbons (Fsp3) is 0.375. The molecule has 0 radical (unpaired) electrons. The maximum absolute atomic E-state index is 12.1. The van der Waals surface area contributed by atoms with E-state index in [0.717, 1.165) is 29.3 Å². The second kappa shape index (κ2) is 5.60. The molecule has 1 aliphatic rings. The number of hydrogen-bond donors (Lipinski definition) is 1. The van der Waals surface area contributed by atoms with Gasteiger partial charge in [-0.3, -0.25) is 4.90 Å². The van der Waals surface area contributed by atoms with E-state index in [0.29, 0.717) is 6.54 Å². The molecule has 0 saturated carbocycles. The van der Waals surface area contributed by atoms with Crippen LogP contribution in [0.3, 0.4) is 0 Å². The molecule has 1 aromatic rings. The summed E-state index contributed by atoms with van der Waals surface area (Å²) in [6, 6.07) is 5.52. The molecule has 0 unspecified atom stereocenters. The zero-order valence-corrected chi connectivity index (χ0v) is 12.4. The van der Waals surface area contributed by atoms with E-state index in [-0.39, 0.29) is 6.09 Å². The zero-order valence-electron chi connectivity index (χ0n) is 12.4. The summed E-state index contributed by atoms with van der Waals surface area (Å²) in [5.41, 5.74) is 2.14. The third-order valence-corrected chi connectivity index (χ3v) is 3.03. The van der Waals surface area contributed by atoms with Gasteiger partial charge in [0.1, 0.15) is 5.60 Å². The molecule has 1 aliphatic heterocycles. The van der Waals surface area contributed by atoms with Crippen LogP contribution in [0.15, 0.2) is 24.3 Å². The van der Waals surface area contributed by atoms with Crippen LogP contribution < -0.4 is 4.90 Å². The highest BCUT2D eigenvalue weighted by atomic mass is 16.6. The predicted octanol–water partition coefficient (Wildman–Crippen LogP) is 3.08. The maximum Gasteiger partial charge on any atom is 0.414 e. The molecule has 0 fully saturated rings. The molecule has 1 aromatic carbocycles. The van der Waals surface area contributed by atoms with Gasteiger partial charge in [0.25, 0.3) is 0 Å². The second-order valence-corrected chi connectivity index (χ2v) is 5.94. The van der Waals surface area contributed by atoms with Crippen LogP contribution >= 0.6 is 0 Å². The molecule has 0 bridgehead atoms. The number of anilines is 1. The molecular formula is C16H19NO4. The number of nitrogens with zero attached hydrogens (tertiary/aromatic N) is 1. The molecule has 0 saturated heterocycles. The molecule has 1 heterocycles. The van der Waals surface area contributed by atoms with Gasteiger partial charge in [-0.15, -0.1) is 0 Å². The summed E-state index contributed by atoms with van der Waals surface area (Å²) in [4.78, 5) is 24.3. The van der Waals surface area contributed by atoms with E-state index in [1.54, 1.807) is 17.0 Å². The van der Waals surface area contributed by atoms with Crippen LogP contribution in [0.5, 0.6) is 0 Å². The Balaban J connectivity index is 2.18. The molecule has 1 amide bonds. The average molecular weight is 289 g/mol. The normalized spacial score (nSPS) is 14.3. The smallest absolute Gasteiger partial charge is 0.414 e. The van der Waals surface area contributed by atoms with Gasteiger partial charge in [0.2, 0.25) is 0 Å². The molecule has 112 valence electrons. The van der Waals surface area contributed by atoms with Crippen molar-refractivity contribution in [3.63, 3.8) is 0 Å². The highest BCUT2D eigenvalue weighted by Crippen LogP contribution is 2.30. The predicted molar refractivity (Wildman–Crippen MR) is 80.4 cm³/mol. The van der Waals surface area contributed by atoms with Gasteiger partial charge in [-0.2, -0.15) is 0 Å². The number of aliphatic carboxylic acids is 1. The Morgan fingerprint density at radius 1 is 1.33 bits per heavy atom. The monoisotopic (exact) mass is 289 g/mol. The number of rotatable bonds is 2. The topological polar surface area (TPSA) is 66.8 Å². The summed E-state index contributed by atoms with van der Waals surface area (Å²) in [7, 11) is 0. The van der Waals surface area contributed by atoms with E-state index in [2.05, 4.69) is 0 Å². The fourth-order valence-corrected chi connectivity index (χ4v) is 2.20. The molecule has 1 N–H and O–H groups in total. The first-order valence-electron chi connectivity index (χ1n) is 6.81. The van der Waals surface area contributed by atoms with E-state index in [1.807, 2.05) is 32.9 Å². The Kier molecular flexibility index (Phi) is 4.02. The maximum atomic E-state index is 12.1. The zero-order chi connectivity index (χ0) is 15.6. The highest BCUT2D eigenvalue weighted by Gasteiger charge is 2.28. The summed E-state index contributed by atoms with van der Waals surface area (Å²) in [6.07, 6.45) is 3.03. The van der Waals surface area contributed by atoms with Crippen LogP contribution in [-0.2, 0) is 16.0 Å². The van der Waals surface area contributed by atoms with Gasteiger partial charge in [0, 0.05) is 12.6 Å². The lowest BCUT2D eigenvalue weighted by atomic mass is 10.1. The van der Waals surface area contributed by atoms with E-state index < -0.39 is 11.6 Å². The molecule has 5 heteroatoms. The van der Waals surface area contributed by atoms with Crippen LogP contribution in [0.1, 0.15) is 31.9 Å². The van der Waals surface area contributed by atoms with Crippen molar-refractivity contribution in [2.75, 3.05) is 11.4 Å². The van der Waals surface area contributed by atoms with Crippen molar-refractivity contribution in [2.24, 2.45) is 0 Å². The molecule has 21 heavy (non-hydrogen) atoms. The number of carboxylic acids is 1. The number of fused-ring (bicyclic) bond motifs is 1. The minimum Gasteiger partial charge on any atom is -0.478 e. The van der Waals surface area contributed by atoms with Gasteiger partial charge < -0.3 is 9.84 Å². The van der Waals surface area contributed by atoms with Crippen LogP contribution in [-0.4, -0.2) is 29.3 Å². The summed E-state index contributed by atoms with van der Waals surface area (Å²) >= 11 is 0. The lowest BCUT2D eigenvalue weighted by molar-refractivity contribution is -0.131. The van der Waals surface area contributed by atoms with Gasteiger partial charge >= 0.3 is 12.1 Å². The van der Waals surface area contributed by atoms with Crippen molar-refractivity contribution in [3.05, 3.63) is 35.4 Å². The molecule has 5 nitrogen and oxygen atoms in total. The molecule has 0 atom stereocenters. The largest absolute Gasteiger partial charge is 0.478 e. The number of benzene rings is 1. The first kappa shape index (κ1) is 15.1. The number of carbonyl (C=O) groups excluding carboxylic acids is 1. The minimum atomic E-state index is -0.981. The van der Waals surface area contributed by atoms with Gasteiger partial charge in [0.05, 0.1) is 5.69 Å². The van der Waals surface area contributed by atoms with Crippen molar-refractivity contribution < 1.29 is 19.4 Å². The van der Waals surface area contributed by atoms with Crippen molar-refractivity contribution in [3.8, 4) is 0 Å².